The van der Waals surface area contributed by atoms with Gasteiger partial charge in [0.25, 0.3) is 6.02 Å². The molecule has 180 valence electrons. The third-order valence-electron chi connectivity index (χ3n) is 5.77. The summed E-state index contributed by atoms with van der Waals surface area (Å²) in [7, 11) is 0. The van der Waals surface area contributed by atoms with Gasteiger partial charge in [0.05, 0.1) is 11.1 Å². The molecule has 10 nitrogen and oxygen atoms in total. The predicted molar refractivity (Wildman–Crippen MR) is 138 cm³/mol. The van der Waals surface area contributed by atoms with Crippen LogP contribution in [0.1, 0.15) is 19.4 Å². The van der Waals surface area contributed by atoms with Crippen molar-refractivity contribution in [3.05, 3.63) is 73.1 Å². The number of fused-ring (bicyclic) bond motifs is 2. The summed E-state index contributed by atoms with van der Waals surface area (Å²) in [5.41, 5.74) is 4.04. The average Bonchev–Trinajstić information content (AvgIpc) is 3.46. The molecular formula is C26H24N8O2. The molecule has 1 aliphatic heterocycles. The summed E-state index contributed by atoms with van der Waals surface area (Å²) in [6.45, 7) is 6.60. The van der Waals surface area contributed by atoms with Crippen LogP contribution in [0.3, 0.4) is 0 Å². The van der Waals surface area contributed by atoms with Gasteiger partial charge in [-0.25, -0.2) is 24.9 Å². The lowest BCUT2D eigenvalue weighted by molar-refractivity contribution is 0.278. The van der Waals surface area contributed by atoms with Crippen LogP contribution < -0.4 is 15.4 Å². The number of hydrogen-bond donors (Lipinski definition) is 2. The second kappa shape index (κ2) is 8.49. The molecule has 36 heavy (non-hydrogen) atoms. The molecule has 1 aliphatic rings. The molecule has 4 heterocycles. The zero-order valence-electron chi connectivity index (χ0n) is 20.1. The summed E-state index contributed by atoms with van der Waals surface area (Å²) in [6, 6.07) is 14.0. The Hall–Kier alpha value is -4.73. The maximum absolute atomic E-state index is 6.01. The number of imidazole rings is 1. The Balaban J connectivity index is 1.23. The molecule has 2 N–H and O–H groups in total. The van der Waals surface area contributed by atoms with Crippen LogP contribution in [0.2, 0.25) is 0 Å². The van der Waals surface area contributed by atoms with Crippen LogP contribution in [0.25, 0.3) is 16.6 Å². The van der Waals surface area contributed by atoms with E-state index in [2.05, 4.69) is 35.6 Å². The lowest BCUT2D eigenvalue weighted by atomic mass is 10.1. The van der Waals surface area contributed by atoms with Crippen molar-refractivity contribution >= 4 is 39.8 Å². The zero-order valence-corrected chi connectivity index (χ0v) is 20.1. The minimum absolute atomic E-state index is 0.231. The maximum Gasteiger partial charge on any atom is 0.289 e. The molecule has 0 amide bonds. The van der Waals surface area contributed by atoms with Crippen molar-refractivity contribution in [2.75, 3.05) is 17.2 Å². The number of ether oxygens (including phenoxy) is 2. The van der Waals surface area contributed by atoms with Gasteiger partial charge in [-0.2, -0.15) is 0 Å². The maximum atomic E-state index is 6.01. The highest BCUT2D eigenvalue weighted by Gasteiger charge is 2.26. The van der Waals surface area contributed by atoms with Crippen molar-refractivity contribution in [1.82, 2.24) is 24.3 Å². The molecule has 0 aliphatic carbocycles. The molecule has 3 aromatic heterocycles. The lowest BCUT2D eigenvalue weighted by Crippen LogP contribution is -2.17. The monoisotopic (exact) mass is 480 g/mol. The van der Waals surface area contributed by atoms with E-state index in [1.807, 2.05) is 67.8 Å². The van der Waals surface area contributed by atoms with Crippen molar-refractivity contribution in [2.45, 2.75) is 26.3 Å². The van der Waals surface area contributed by atoms with Gasteiger partial charge in [0.2, 0.25) is 5.88 Å². The Kier molecular flexibility index (Phi) is 5.14. The van der Waals surface area contributed by atoms with Gasteiger partial charge in [-0.1, -0.05) is 0 Å². The van der Waals surface area contributed by atoms with Crippen LogP contribution in [-0.4, -0.2) is 42.5 Å². The van der Waals surface area contributed by atoms with Gasteiger partial charge in [-0.3, -0.25) is 4.40 Å². The quantitative estimate of drug-likeness (QED) is 0.358. The standard InChI is InChI=1S/C26H24N8O2/c1-16-10-17(5-7-21(16)36-23-12-22-27-8-9-34(22)15-30-23)31-24-19-11-18(4-6-20(19)28-14-29-24)32-25-33-26(2,3)13-35-25/h4-12,14-15H,13H2,1-3H3,(H,32,33)(H,28,29,31). The smallest absolute Gasteiger partial charge is 0.289 e. The van der Waals surface area contributed by atoms with Gasteiger partial charge in [0, 0.05) is 35.2 Å². The Morgan fingerprint density at radius 3 is 2.67 bits per heavy atom. The molecule has 0 saturated carbocycles. The molecule has 10 heteroatoms. The highest BCUT2D eigenvalue weighted by atomic mass is 16.5. The Morgan fingerprint density at radius 2 is 1.83 bits per heavy atom. The SMILES string of the molecule is Cc1cc(Nc2ncnc3ccc(NC4=NC(C)(C)CO4)cc23)ccc1Oc1cc2nccn2cn1. The van der Waals surface area contributed by atoms with E-state index in [4.69, 9.17) is 9.47 Å². The van der Waals surface area contributed by atoms with Crippen molar-refractivity contribution in [3.63, 3.8) is 0 Å². The highest BCUT2D eigenvalue weighted by Crippen LogP contribution is 2.30. The lowest BCUT2D eigenvalue weighted by Gasteiger charge is -2.13. The van der Waals surface area contributed by atoms with E-state index >= 15 is 0 Å². The zero-order chi connectivity index (χ0) is 24.7. The summed E-state index contributed by atoms with van der Waals surface area (Å²) in [6.07, 6.45) is 6.79. The first-order valence-electron chi connectivity index (χ1n) is 11.5. The number of rotatable bonds is 5. The van der Waals surface area contributed by atoms with Crippen LogP contribution in [0.4, 0.5) is 17.2 Å². The summed E-state index contributed by atoms with van der Waals surface area (Å²) >= 11 is 0. The van der Waals surface area contributed by atoms with Gasteiger partial charge in [-0.15, -0.1) is 0 Å². The van der Waals surface area contributed by atoms with E-state index in [0.717, 1.165) is 33.5 Å². The second-order valence-corrected chi connectivity index (χ2v) is 9.22. The largest absolute Gasteiger partial charge is 0.462 e. The number of nitrogens with one attached hydrogen (secondary N) is 2. The predicted octanol–water partition coefficient (Wildman–Crippen LogP) is 5.09. The van der Waals surface area contributed by atoms with Crippen LogP contribution >= 0.6 is 0 Å². The molecule has 0 unspecified atom stereocenters. The van der Waals surface area contributed by atoms with Gasteiger partial charge in [0.1, 0.15) is 36.5 Å². The van der Waals surface area contributed by atoms with Gasteiger partial charge >= 0.3 is 0 Å². The number of hydrogen-bond acceptors (Lipinski definition) is 9. The number of anilines is 3. The second-order valence-electron chi connectivity index (χ2n) is 9.22. The molecular weight excluding hydrogens is 456 g/mol. The topological polar surface area (TPSA) is 111 Å². The van der Waals surface area contributed by atoms with Gasteiger partial charge in [-0.05, 0) is 62.7 Å². The fraction of sp³-hybridized carbons (Fsp3) is 0.192. The summed E-state index contributed by atoms with van der Waals surface area (Å²) in [5, 5.41) is 7.52. The third-order valence-corrected chi connectivity index (χ3v) is 5.77. The molecule has 0 atom stereocenters. The number of nitrogens with zero attached hydrogens (tertiary/aromatic N) is 6. The summed E-state index contributed by atoms with van der Waals surface area (Å²) < 4.78 is 13.5. The van der Waals surface area contributed by atoms with Gasteiger partial charge in [0.15, 0.2) is 0 Å². The third kappa shape index (κ3) is 4.36. The van der Waals surface area contributed by atoms with Crippen molar-refractivity contribution in [2.24, 2.45) is 4.99 Å². The number of aryl methyl sites for hydroxylation is 1. The average molecular weight is 481 g/mol. The Bertz CT molecular complexity index is 1630. The molecule has 0 saturated heterocycles. The first-order chi connectivity index (χ1) is 17.4. The highest BCUT2D eigenvalue weighted by molar-refractivity contribution is 5.97. The van der Waals surface area contributed by atoms with Crippen molar-refractivity contribution < 1.29 is 9.47 Å². The Morgan fingerprint density at radius 1 is 0.972 bits per heavy atom. The van der Waals surface area contributed by atoms with Crippen LogP contribution in [0, 0.1) is 6.92 Å². The normalized spacial score (nSPS) is 14.5. The summed E-state index contributed by atoms with van der Waals surface area (Å²) in [5.74, 6) is 1.89. The van der Waals surface area contributed by atoms with E-state index in [0.29, 0.717) is 30.1 Å². The molecule has 0 fully saturated rings. The first-order valence-corrected chi connectivity index (χ1v) is 11.5. The number of aliphatic imine (C=N–C) groups is 1. The minimum Gasteiger partial charge on any atom is -0.462 e. The summed E-state index contributed by atoms with van der Waals surface area (Å²) in [4.78, 5) is 22.1. The number of amidine groups is 1. The fourth-order valence-corrected chi connectivity index (χ4v) is 3.95. The molecule has 0 bridgehead atoms. The van der Waals surface area contributed by atoms with Crippen molar-refractivity contribution in [3.8, 4) is 11.6 Å². The number of aromatic nitrogens is 5. The van der Waals surface area contributed by atoms with E-state index in [-0.39, 0.29) is 5.54 Å². The first kappa shape index (κ1) is 21.8. The van der Waals surface area contributed by atoms with Crippen LogP contribution in [-0.2, 0) is 4.74 Å². The van der Waals surface area contributed by atoms with Crippen LogP contribution in [0.15, 0.2) is 72.5 Å². The van der Waals surface area contributed by atoms with E-state index in [1.165, 1.54) is 0 Å². The minimum atomic E-state index is -0.231. The van der Waals surface area contributed by atoms with Crippen LogP contribution in [0.5, 0.6) is 11.6 Å². The number of benzene rings is 2. The van der Waals surface area contributed by atoms with Crippen molar-refractivity contribution in [1.29, 1.82) is 0 Å². The molecule has 6 rings (SSSR count). The molecule has 0 radical (unpaired) electrons. The van der Waals surface area contributed by atoms with E-state index < -0.39 is 0 Å². The molecule has 2 aromatic carbocycles. The fourth-order valence-electron chi connectivity index (χ4n) is 3.95. The van der Waals surface area contributed by atoms with E-state index in [9.17, 15) is 0 Å². The van der Waals surface area contributed by atoms with Gasteiger partial charge < -0.3 is 20.1 Å². The Labute approximate surface area is 207 Å². The van der Waals surface area contributed by atoms with E-state index in [1.54, 1.807) is 24.9 Å². The molecule has 0 spiro atoms. The molecule has 5 aromatic rings.